The second-order valence-electron chi connectivity index (χ2n) is 7.31. The number of fused-ring (bicyclic) bond motifs is 1. The highest BCUT2D eigenvalue weighted by Crippen LogP contribution is 2.32. The van der Waals surface area contributed by atoms with Crippen molar-refractivity contribution in [1.82, 2.24) is 4.57 Å². The Morgan fingerprint density at radius 2 is 1.97 bits per heavy atom. The Hall–Kier alpha value is -2.92. The molecule has 2 aromatic carbocycles. The number of hydrogen-bond donors (Lipinski definition) is 0. The first-order valence-corrected chi connectivity index (χ1v) is 9.88. The molecule has 0 saturated heterocycles. The quantitative estimate of drug-likeness (QED) is 0.629. The summed E-state index contributed by atoms with van der Waals surface area (Å²) in [6.07, 6.45) is 3.05. The van der Waals surface area contributed by atoms with E-state index < -0.39 is 0 Å². The van der Waals surface area contributed by atoms with E-state index in [1.807, 2.05) is 25.1 Å². The van der Waals surface area contributed by atoms with E-state index in [1.54, 1.807) is 23.2 Å². The zero-order valence-corrected chi connectivity index (χ0v) is 16.7. The monoisotopic (exact) mass is 410 g/mol. The maximum absolute atomic E-state index is 13.6. The van der Waals surface area contributed by atoms with Gasteiger partial charge in [-0.2, -0.15) is 0 Å². The molecule has 1 atom stereocenters. The van der Waals surface area contributed by atoms with Gasteiger partial charge < -0.3 is 9.47 Å². The molecule has 1 aliphatic heterocycles. The zero-order chi connectivity index (χ0) is 20.5. The van der Waals surface area contributed by atoms with Crippen LogP contribution < -0.4 is 10.5 Å². The first kappa shape index (κ1) is 19.4. The van der Waals surface area contributed by atoms with Crippen LogP contribution in [-0.4, -0.2) is 16.5 Å². The number of nitrogens with zero attached hydrogens (tertiary/aromatic N) is 2. The lowest BCUT2D eigenvalue weighted by Gasteiger charge is -2.35. The molecule has 1 amide bonds. The van der Waals surface area contributed by atoms with Crippen LogP contribution in [0.1, 0.15) is 34.8 Å². The van der Waals surface area contributed by atoms with E-state index in [9.17, 15) is 14.0 Å². The fraction of sp³-hybridized carbons (Fsp3) is 0.217. The molecule has 4 rings (SSSR count). The summed E-state index contributed by atoms with van der Waals surface area (Å²) < 4.78 is 15.1. The number of amides is 1. The molecule has 0 N–H and O–H groups in total. The first-order valence-electron chi connectivity index (χ1n) is 9.50. The molecule has 29 heavy (non-hydrogen) atoms. The number of aromatic nitrogens is 1. The highest BCUT2D eigenvalue weighted by molar-refractivity contribution is 6.31. The summed E-state index contributed by atoms with van der Waals surface area (Å²) in [4.78, 5) is 27.4. The van der Waals surface area contributed by atoms with E-state index in [2.05, 4.69) is 0 Å². The summed E-state index contributed by atoms with van der Waals surface area (Å²) >= 11 is 6.22. The van der Waals surface area contributed by atoms with Crippen LogP contribution >= 0.6 is 11.6 Å². The van der Waals surface area contributed by atoms with Crippen LogP contribution in [0.2, 0.25) is 5.02 Å². The molecule has 2 heterocycles. The summed E-state index contributed by atoms with van der Waals surface area (Å²) in [5.74, 6) is -0.517. The minimum atomic E-state index is -0.306. The Bertz CT molecular complexity index is 1140. The van der Waals surface area contributed by atoms with E-state index in [4.69, 9.17) is 11.6 Å². The van der Waals surface area contributed by atoms with Crippen molar-refractivity contribution < 1.29 is 9.18 Å². The van der Waals surface area contributed by atoms with Crippen molar-refractivity contribution in [3.63, 3.8) is 0 Å². The highest BCUT2D eigenvalue weighted by Gasteiger charge is 2.29. The zero-order valence-electron chi connectivity index (χ0n) is 15.9. The SMILES string of the molecule is C[C@@H]1CCc2cc(F)ccc2N1C(=O)c1ccc(=O)n(Cc2ccccc2Cl)c1. The maximum atomic E-state index is 13.6. The Kier molecular flexibility index (Phi) is 5.24. The molecule has 0 saturated carbocycles. The molecule has 4 nitrogen and oxygen atoms in total. The van der Waals surface area contributed by atoms with Crippen molar-refractivity contribution in [2.24, 2.45) is 0 Å². The largest absolute Gasteiger partial charge is 0.310 e. The molecule has 0 bridgehead atoms. The van der Waals surface area contributed by atoms with Gasteiger partial charge in [0.1, 0.15) is 5.82 Å². The summed E-state index contributed by atoms with van der Waals surface area (Å²) in [7, 11) is 0. The third kappa shape index (κ3) is 3.83. The number of aryl methyl sites for hydroxylation is 1. The van der Waals surface area contributed by atoms with Gasteiger partial charge in [-0.1, -0.05) is 29.8 Å². The van der Waals surface area contributed by atoms with Gasteiger partial charge in [-0.15, -0.1) is 0 Å². The van der Waals surface area contributed by atoms with Crippen LogP contribution in [0.25, 0.3) is 0 Å². The molecule has 6 heteroatoms. The number of anilines is 1. The standard InChI is InChI=1S/C23H20ClFN2O2/c1-15-6-7-16-12-19(25)9-10-21(16)27(15)23(29)18-8-11-22(28)26(14-18)13-17-4-2-3-5-20(17)24/h2-5,8-12,14-15H,6-7,13H2,1H3/t15-/m1/s1. The lowest BCUT2D eigenvalue weighted by molar-refractivity contribution is 0.0974. The van der Waals surface area contributed by atoms with Crippen LogP contribution in [0.15, 0.2) is 65.6 Å². The summed E-state index contributed by atoms with van der Waals surface area (Å²) in [6.45, 7) is 2.25. The third-order valence-corrected chi connectivity index (χ3v) is 5.69. The van der Waals surface area contributed by atoms with Crippen molar-refractivity contribution in [3.05, 3.63) is 98.7 Å². The molecule has 0 radical (unpaired) electrons. The number of benzene rings is 2. The molecule has 0 aliphatic carbocycles. The fourth-order valence-corrected chi connectivity index (χ4v) is 3.96. The van der Waals surface area contributed by atoms with Gasteiger partial charge in [0.2, 0.25) is 0 Å². The summed E-state index contributed by atoms with van der Waals surface area (Å²) in [6, 6.07) is 14.7. The van der Waals surface area contributed by atoms with Gasteiger partial charge in [-0.3, -0.25) is 9.59 Å². The number of halogens is 2. The van der Waals surface area contributed by atoms with Crippen molar-refractivity contribution in [1.29, 1.82) is 0 Å². The van der Waals surface area contributed by atoms with Gasteiger partial charge in [-0.25, -0.2) is 4.39 Å². The summed E-state index contributed by atoms with van der Waals surface area (Å²) in [5.41, 5.74) is 2.53. The Morgan fingerprint density at radius 3 is 2.76 bits per heavy atom. The molecule has 148 valence electrons. The van der Waals surface area contributed by atoms with Crippen LogP contribution in [0.5, 0.6) is 0 Å². The van der Waals surface area contributed by atoms with E-state index in [1.165, 1.54) is 28.8 Å². The lowest BCUT2D eigenvalue weighted by Crippen LogP contribution is -2.42. The van der Waals surface area contributed by atoms with Crippen molar-refractivity contribution >= 4 is 23.2 Å². The number of pyridine rings is 1. The van der Waals surface area contributed by atoms with Gasteiger partial charge in [0.05, 0.1) is 12.1 Å². The average Bonchev–Trinajstić information content (AvgIpc) is 2.71. The highest BCUT2D eigenvalue weighted by atomic mass is 35.5. The Labute approximate surface area is 173 Å². The van der Waals surface area contributed by atoms with Gasteiger partial charge in [0.25, 0.3) is 11.5 Å². The second kappa shape index (κ2) is 7.84. The molecule has 0 unspecified atom stereocenters. The first-order chi connectivity index (χ1) is 13.9. The minimum absolute atomic E-state index is 0.0237. The average molecular weight is 411 g/mol. The van der Waals surface area contributed by atoms with E-state index in [-0.39, 0.29) is 29.9 Å². The summed E-state index contributed by atoms with van der Waals surface area (Å²) in [5, 5.41) is 0.566. The smallest absolute Gasteiger partial charge is 0.260 e. The molecule has 0 fully saturated rings. The Morgan fingerprint density at radius 1 is 1.17 bits per heavy atom. The van der Waals surface area contributed by atoms with Crippen molar-refractivity contribution in [2.75, 3.05) is 4.90 Å². The van der Waals surface area contributed by atoms with Gasteiger partial charge >= 0.3 is 0 Å². The molecule has 1 aliphatic rings. The third-order valence-electron chi connectivity index (χ3n) is 5.32. The fourth-order valence-electron chi connectivity index (χ4n) is 3.76. The molecule has 3 aromatic rings. The van der Waals surface area contributed by atoms with Crippen LogP contribution in [-0.2, 0) is 13.0 Å². The molecule has 0 spiro atoms. The van der Waals surface area contributed by atoms with Crippen molar-refractivity contribution in [3.8, 4) is 0 Å². The Balaban J connectivity index is 1.70. The topological polar surface area (TPSA) is 42.3 Å². The lowest BCUT2D eigenvalue weighted by atomic mass is 9.95. The maximum Gasteiger partial charge on any atom is 0.260 e. The van der Waals surface area contributed by atoms with Crippen LogP contribution in [0.3, 0.4) is 0 Å². The second-order valence-corrected chi connectivity index (χ2v) is 7.72. The number of rotatable bonds is 3. The van der Waals surface area contributed by atoms with Crippen LogP contribution in [0.4, 0.5) is 10.1 Å². The van der Waals surface area contributed by atoms with Gasteiger partial charge in [-0.05, 0) is 61.2 Å². The van der Waals surface area contributed by atoms with Gasteiger partial charge in [0.15, 0.2) is 0 Å². The predicted molar refractivity (Wildman–Crippen MR) is 112 cm³/mol. The van der Waals surface area contributed by atoms with Crippen LogP contribution in [0, 0.1) is 5.82 Å². The number of carbonyl (C=O) groups is 1. The van der Waals surface area contributed by atoms with E-state index in [0.29, 0.717) is 10.6 Å². The van der Waals surface area contributed by atoms with Gasteiger partial charge in [0, 0.05) is 29.0 Å². The van der Waals surface area contributed by atoms with E-state index in [0.717, 1.165) is 29.7 Å². The van der Waals surface area contributed by atoms with E-state index >= 15 is 0 Å². The molecule has 1 aromatic heterocycles. The number of carbonyl (C=O) groups excluding carboxylic acids is 1. The predicted octanol–water partition coefficient (Wildman–Crippen LogP) is 4.67. The molecular weight excluding hydrogens is 391 g/mol. The number of hydrogen-bond acceptors (Lipinski definition) is 2. The normalized spacial score (nSPS) is 15.8. The minimum Gasteiger partial charge on any atom is -0.310 e. The van der Waals surface area contributed by atoms with Crippen molar-refractivity contribution in [2.45, 2.75) is 32.4 Å². The molecular formula is C23H20ClFN2O2.